The molecule has 3 saturated carbocycles. The number of fused-ring (bicyclic) bond motifs is 4. The van der Waals surface area contributed by atoms with Crippen LogP contribution in [0.2, 0.25) is 0 Å². The second kappa shape index (κ2) is 7.51. The molecule has 1 aliphatic heterocycles. The average molecular weight is 481 g/mol. The van der Waals surface area contributed by atoms with Gasteiger partial charge in [0.1, 0.15) is 12.2 Å². The van der Waals surface area contributed by atoms with E-state index in [9.17, 15) is 24.6 Å². The van der Waals surface area contributed by atoms with Crippen molar-refractivity contribution in [3.8, 4) is 0 Å². The molecule has 4 rings (SSSR count). The standard InChI is InChI=1S/C25H36O9/c1-13(26)32-17-12-21(3,4)25(30)9-8-15-16(22(25,5)20(17)33-14(2)27)11-24(29)18(10-19(28)34-24)23(15,6)31-7/h10,15-17,20,29-30H,8-9,11-12H2,1-7H3/t15-,16+,17+,20+,22+,23-,24-,25-/m1/s1. The molecule has 3 fully saturated rings. The molecule has 3 aliphatic carbocycles. The van der Waals surface area contributed by atoms with Crippen LogP contribution in [0, 0.1) is 22.7 Å². The highest BCUT2D eigenvalue weighted by atomic mass is 16.7. The molecule has 190 valence electrons. The van der Waals surface area contributed by atoms with E-state index in [0.717, 1.165) is 0 Å². The second-order valence-corrected chi connectivity index (χ2v) is 11.4. The Hall–Kier alpha value is -1.97. The van der Waals surface area contributed by atoms with Crippen molar-refractivity contribution >= 4 is 17.9 Å². The molecular formula is C25H36O9. The van der Waals surface area contributed by atoms with Crippen LogP contribution < -0.4 is 0 Å². The van der Waals surface area contributed by atoms with Crippen molar-refractivity contribution in [3.05, 3.63) is 11.6 Å². The van der Waals surface area contributed by atoms with Gasteiger partial charge in [0.2, 0.25) is 5.79 Å². The number of methoxy groups -OCH3 is 1. The fraction of sp³-hybridized carbons (Fsp3) is 0.800. The van der Waals surface area contributed by atoms with Crippen LogP contribution >= 0.6 is 0 Å². The van der Waals surface area contributed by atoms with Crippen LogP contribution in [0.25, 0.3) is 0 Å². The SMILES string of the molecule is CO[C@@]1(C)C2=CC(=O)O[C@]2(O)C[C@H]2[C@H]1CC[C@@]1(O)C(C)(C)C[C@H](OC(C)=O)[C@H](OC(C)=O)[C@]21C. The van der Waals surface area contributed by atoms with Crippen molar-refractivity contribution in [2.24, 2.45) is 22.7 Å². The Morgan fingerprint density at radius 1 is 1.03 bits per heavy atom. The summed E-state index contributed by atoms with van der Waals surface area (Å²) in [5.41, 5.74) is -3.93. The minimum atomic E-state index is -1.91. The highest BCUT2D eigenvalue weighted by molar-refractivity contribution is 5.87. The van der Waals surface area contributed by atoms with E-state index in [0.29, 0.717) is 24.8 Å². The maximum Gasteiger partial charge on any atom is 0.333 e. The van der Waals surface area contributed by atoms with E-state index in [1.807, 2.05) is 27.7 Å². The van der Waals surface area contributed by atoms with Gasteiger partial charge in [-0.25, -0.2) is 4.79 Å². The number of carbonyl (C=O) groups excluding carboxylic acids is 3. The highest BCUT2D eigenvalue weighted by Gasteiger charge is 2.76. The summed E-state index contributed by atoms with van der Waals surface area (Å²) in [6.45, 7) is 10.1. The third-order valence-electron chi connectivity index (χ3n) is 9.45. The van der Waals surface area contributed by atoms with Gasteiger partial charge in [-0.3, -0.25) is 9.59 Å². The monoisotopic (exact) mass is 480 g/mol. The molecule has 0 spiro atoms. The quantitative estimate of drug-likeness (QED) is 0.460. The molecule has 9 nitrogen and oxygen atoms in total. The summed E-state index contributed by atoms with van der Waals surface area (Å²) in [5, 5.41) is 23.9. The predicted octanol–water partition coefficient (Wildman–Crippen LogP) is 2.02. The van der Waals surface area contributed by atoms with Crippen molar-refractivity contribution in [1.82, 2.24) is 0 Å². The molecule has 2 N–H and O–H groups in total. The highest BCUT2D eigenvalue weighted by Crippen LogP contribution is 2.70. The van der Waals surface area contributed by atoms with E-state index in [4.69, 9.17) is 18.9 Å². The third-order valence-corrected chi connectivity index (χ3v) is 9.45. The Morgan fingerprint density at radius 2 is 1.65 bits per heavy atom. The molecule has 0 aromatic carbocycles. The normalized spacial score (nSPS) is 46.9. The van der Waals surface area contributed by atoms with Gasteiger partial charge in [0.25, 0.3) is 0 Å². The molecule has 0 radical (unpaired) electrons. The maximum absolute atomic E-state index is 12.4. The van der Waals surface area contributed by atoms with Crippen molar-refractivity contribution in [3.63, 3.8) is 0 Å². The lowest BCUT2D eigenvalue weighted by molar-refractivity contribution is -0.328. The number of hydrogen-bond acceptors (Lipinski definition) is 9. The Labute approximate surface area is 199 Å². The summed E-state index contributed by atoms with van der Waals surface area (Å²) in [7, 11) is 1.52. The van der Waals surface area contributed by atoms with Crippen molar-refractivity contribution in [2.45, 2.75) is 96.4 Å². The molecule has 9 heteroatoms. The number of ether oxygens (including phenoxy) is 4. The summed E-state index contributed by atoms with van der Waals surface area (Å²) < 4.78 is 22.8. The number of hydrogen-bond donors (Lipinski definition) is 2. The molecular weight excluding hydrogens is 444 g/mol. The maximum atomic E-state index is 12.4. The average Bonchev–Trinajstić information content (AvgIpc) is 3.02. The molecule has 0 aromatic heterocycles. The van der Waals surface area contributed by atoms with Crippen LogP contribution in [0.5, 0.6) is 0 Å². The molecule has 0 bridgehead atoms. The summed E-state index contributed by atoms with van der Waals surface area (Å²) >= 11 is 0. The van der Waals surface area contributed by atoms with Crippen molar-refractivity contribution in [2.75, 3.05) is 7.11 Å². The Kier molecular flexibility index (Phi) is 5.55. The smallest absolute Gasteiger partial charge is 0.333 e. The first-order chi connectivity index (χ1) is 15.6. The van der Waals surface area contributed by atoms with Crippen LogP contribution in [0.4, 0.5) is 0 Å². The molecule has 8 atom stereocenters. The molecule has 0 unspecified atom stereocenters. The lowest BCUT2D eigenvalue weighted by Crippen LogP contribution is -2.77. The predicted molar refractivity (Wildman–Crippen MR) is 118 cm³/mol. The summed E-state index contributed by atoms with van der Waals surface area (Å²) in [6.07, 6.45) is 0.727. The van der Waals surface area contributed by atoms with Gasteiger partial charge in [0.15, 0.2) is 0 Å². The van der Waals surface area contributed by atoms with Crippen LogP contribution in [0.1, 0.15) is 67.2 Å². The van der Waals surface area contributed by atoms with E-state index < -0.39 is 63.9 Å². The fourth-order valence-corrected chi connectivity index (χ4v) is 7.87. The largest absolute Gasteiger partial charge is 0.459 e. The molecule has 0 saturated heterocycles. The topological polar surface area (TPSA) is 129 Å². The van der Waals surface area contributed by atoms with Crippen LogP contribution in [-0.4, -0.2) is 64.4 Å². The van der Waals surface area contributed by atoms with Crippen molar-refractivity contribution < 1.29 is 43.5 Å². The van der Waals surface area contributed by atoms with E-state index in [2.05, 4.69) is 0 Å². The van der Waals surface area contributed by atoms with Gasteiger partial charge in [0, 0.05) is 44.4 Å². The third kappa shape index (κ3) is 3.12. The Morgan fingerprint density at radius 3 is 2.21 bits per heavy atom. The van der Waals surface area contributed by atoms with Gasteiger partial charge in [0.05, 0.1) is 11.2 Å². The molecule has 1 heterocycles. The van der Waals surface area contributed by atoms with Crippen LogP contribution in [0.15, 0.2) is 11.6 Å². The van der Waals surface area contributed by atoms with E-state index in [-0.39, 0.29) is 12.3 Å². The summed E-state index contributed by atoms with van der Waals surface area (Å²) in [5.74, 6) is -4.40. The minimum Gasteiger partial charge on any atom is -0.459 e. The van der Waals surface area contributed by atoms with Crippen LogP contribution in [-0.2, 0) is 33.3 Å². The lowest BCUT2D eigenvalue weighted by atomic mass is 9.39. The first-order valence-electron chi connectivity index (χ1n) is 11.9. The zero-order valence-corrected chi connectivity index (χ0v) is 21.0. The first kappa shape index (κ1) is 25.1. The number of esters is 3. The minimum absolute atomic E-state index is 0.00631. The Bertz CT molecular complexity index is 956. The van der Waals surface area contributed by atoms with E-state index in [1.165, 1.54) is 27.0 Å². The van der Waals surface area contributed by atoms with Crippen LogP contribution in [0.3, 0.4) is 0 Å². The van der Waals surface area contributed by atoms with Gasteiger partial charge in [-0.15, -0.1) is 0 Å². The molecule has 34 heavy (non-hydrogen) atoms. The van der Waals surface area contributed by atoms with Gasteiger partial charge >= 0.3 is 17.9 Å². The zero-order chi connectivity index (χ0) is 25.5. The summed E-state index contributed by atoms with van der Waals surface area (Å²) in [4.78, 5) is 36.5. The second-order valence-electron chi connectivity index (χ2n) is 11.4. The molecule has 0 aromatic rings. The van der Waals surface area contributed by atoms with E-state index >= 15 is 0 Å². The lowest BCUT2D eigenvalue weighted by Gasteiger charge is -2.70. The number of carbonyl (C=O) groups is 3. The fourth-order valence-electron chi connectivity index (χ4n) is 7.87. The molecule has 0 amide bonds. The first-order valence-corrected chi connectivity index (χ1v) is 11.9. The van der Waals surface area contributed by atoms with Gasteiger partial charge < -0.3 is 29.2 Å². The van der Waals surface area contributed by atoms with Gasteiger partial charge in [-0.1, -0.05) is 20.8 Å². The Balaban J connectivity index is 1.93. The zero-order valence-electron chi connectivity index (χ0n) is 21.0. The number of aliphatic hydroxyl groups is 2. The van der Waals surface area contributed by atoms with Gasteiger partial charge in [-0.05, 0) is 43.4 Å². The van der Waals surface area contributed by atoms with Gasteiger partial charge in [-0.2, -0.15) is 0 Å². The van der Waals surface area contributed by atoms with Crippen molar-refractivity contribution in [1.29, 1.82) is 0 Å². The number of rotatable bonds is 3. The van der Waals surface area contributed by atoms with E-state index in [1.54, 1.807) is 0 Å². The molecule has 4 aliphatic rings. The summed E-state index contributed by atoms with van der Waals surface area (Å²) in [6, 6.07) is 0.